The predicted molar refractivity (Wildman–Crippen MR) is 109 cm³/mol. The summed E-state index contributed by atoms with van der Waals surface area (Å²) >= 11 is 0. The zero-order valence-electron chi connectivity index (χ0n) is 16.5. The average molecular weight is 390 g/mol. The van der Waals surface area contributed by atoms with Gasteiger partial charge >= 0.3 is 6.03 Å². The largest absolute Gasteiger partial charge is 0.332 e. The van der Waals surface area contributed by atoms with Crippen LogP contribution in [0.4, 0.5) is 4.79 Å². The van der Waals surface area contributed by atoms with Crippen molar-refractivity contribution in [3.05, 3.63) is 73.3 Å². The van der Waals surface area contributed by atoms with Gasteiger partial charge in [0.25, 0.3) is 0 Å². The van der Waals surface area contributed by atoms with E-state index in [9.17, 15) is 14.4 Å². The maximum Gasteiger partial charge on any atom is 0.332 e. The van der Waals surface area contributed by atoms with Crippen molar-refractivity contribution in [2.75, 3.05) is 14.1 Å². The molecule has 0 aliphatic carbocycles. The Morgan fingerprint density at radius 3 is 1.62 bits per heavy atom. The van der Waals surface area contributed by atoms with E-state index in [0.29, 0.717) is 11.1 Å². The van der Waals surface area contributed by atoms with E-state index in [1.54, 1.807) is 36.9 Å². The summed E-state index contributed by atoms with van der Waals surface area (Å²) in [6.45, 7) is 8.15. The zero-order valence-corrected chi connectivity index (χ0v) is 16.5. The third-order valence-electron chi connectivity index (χ3n) is 5.17. The van der Waals surface area contributed by atoms with Crippen LogP contribution in [-0.2, 0) is 9.59 Å². The molecule has 0 atom stereocenters. The predicted octanol–water partition coefficient (Wildman–Crippen LogP) is 3.02. The summed E-state index contributed by atoms with van der Waals surface area (Å²) in [6.07, 6.45) is 6.60. The lowest BCUT2D eigenvalue weighted by Crippen LogP contribution is -2.63. The Labute approximate surface area is 169 Å². The molecule has 1 saturated heterocycles. The van der Waals surface area contributed by atoms with Crippen LogP contribution in [0.5, 0.6) is 0 Å². The summed E-state index contributed by atoms with van der Waals surface area (Å²) in [5, 5.41) is 0. The van der Waals surface area contributed by atoms with Gasteiger partial charge in [0.1, 0.15) is 5.41 Å². The van der Waals surface area contributed by atoms with Crippen LogP contribution >= 0.6 is 0 Å². The summed E-state index contributed by atoms with van der Waals surface area (Å²) in [6, 6.07) is 6.49. The molecule has 2 aromatic rings. The van der Waals surface area contributed by atoms with Crippen LogP contribution < -0.4 is 0 Å². The number of nitrogens with zero attached hydrogens (tertiary/aromatic N) is 4. The lowest BCUT2D eigenvalue weighted by Gasteiger charge is -2.42. The molecule has 0 spiro atoms. The molecule has 1 fully saturated rings. The fourth-order valence-electron chi connectivity index (χ4n) is 3.57. The number of carbonyl (C=O) groups is 3. The Morgan fingerprint density at radius 2 is 1.28 bits per heavy atom. The fourth-order valence-corrected chi connectivity index (χ4v) is 3.57. The molecule has 0 bridgehead atoms. The average Bonchev–Trinajstić information content (AvgIpc) is 2.76. The summed E-state index contributed by atoms with van der Waals surface area (Å²) in [7, 11) is 2.75. The van der Waals surface area contributed by atoms with Crippen LogP contribution in [0.25, 0.3) is 11.1 Å². The van der Waals surface area contributed by atoms with Crippen molar-refractivity contribution in [3.8, 4) is 0 Å². The first-order valence-corrected chi connectivity index (χ1v) is 9.04. The van der Waals surface area contributed by atoms with E-state index < -0.39 is 23.3 Å². The first-order chi connectivity index (χ1) is 13.8. The molecule has 3 heterocycles. The molecular formula is C22H22N4O3. The highest BCUT2D eigenvalue weighted by Crippen LogP contribution is 2.43. The molecule has 1 aliphatic rings. The van der Waals surface area contributed by atoms with Gasteiger partial charge in [0.15, 0.2) is 0 Å². The zero-order chi connectivity index (χ0) is 21.2. The Morgan fingerprint density at radius 1 is 0.862 bits per heavy atom. The van der Waals surface area contributed by atoms with Crippen LogP contribution in [0.15, 0.2) is 62.2 Å². The summed E-state index contributed by atoms with van der Waals surface area (Å²) in [5.41, 5.74) is 1.07. The molecule has 148 valence electrons. The summed E-state index contributed by atoms with van der Waals surface area (Å²) < 4.78 is 0. The van der Waals surface area contributed by atoms with Gasteiger partial charge in [0, 0.05) is 38.9 Å². The summed E-state index contributed by atoms with van der Waals surface area (Å²) in [5.74, 6) is -1.14. The monoisotopic (exact) mass is 390 g/mol. The number of aromatic nitrogens is 2. The highest BCUT2D eigenvalue weighted by Gasteiger charge is 2.55. The fraction of sp³-hybridized carbons (Fsp3) is 0.227. The molecule has 7 nitrogen and oxygen atoms in total. The van der Waals surface area contributed by atoms with Gasteiger partial charge in [-0.05, 0) is 47.2 Å². The van der Waals surface area contributed by atoms with Crippen molar-refractivity contribution < 1.29 is 14.4 Å². The Bertz CT molecular complexity index is 906. The normalized spacial score (nSPS) is 16.1. The molecule has 1 aliphatic heterocycles. The number of barbiturate groups is 1. The van der Waals surface area contributed by atoms with Crippen LogP contribution in [0.2, 0.25) is 0 Å². The minimum Gasteiger partial charge on any atom is -0.273 e. The van der Waals surface area contributed by atoms with Gasteiger partial charge in [-0.15, -0.1) is 0 Å². The SMILES string of the molecule is C=C(CC1(CC(=C)c2cccnc2)C(=O)N(C)C(=O)N(C)C1=O)c1cccnc1. The van der Waals surface area contributed by atoms with Crippen molar-refractivity contribution in [2.45, 2.75) is 12.8 Å². The number of hydrogen-bond acceptors (Lipinski definition) is 5. The van der Waals surface area contributed by atoms with Gasteiger partial charge in [-0.1, -0.05) is 25.3 Å². The maximum absolute atomic E-state index is 13.3. The molecule has 4 amide bonds. The lowest BCUT2D eigenvalue weighted by molar-refractivity contribution is -0.156. The Hall–Kier alpha value is -3.61. The van der Waals surface area contributed by atoms with Crippen molar-refractivity contribution in [1.29, 1.82) is 0 Å². The minimum atomic E-state index is -1.53. The Kier molecular flexibility index (Phi) is 5.41. The van der Waals surface area contributed by atoms with E-state index in [0.717, 1.165) is 20.9 Å². The number of amides is 4. The molecule has 0 unspecified atom stereocenters. The topological polar surface area (TPSA) is 83.5 Å². The molecule has 0 saturated carbocycles. The van der Waals surface area contributed by atoms with Gasteiger partial charge < -0.3 is 0 Å². The van der Waals surface area contributed by atoms with E-state index in [4.69, 9.17) is 0 Å². The van der Waals surface area contributed by atoms with E-state index in [2.05, 4.69) is 23.1 Å². The second-order valence-corrected chi connectivity index (χ2v) is 7.14. The number of urea groups is 1. The molecule has 0 radical (unpaired) electrons. The second-order valence-electron chi connectivity index (χ2n) is 7.14. The molecule has 0 aromatic carbocycles. The van der Waals surface area contributed by atoms with Crippen LogP contribution in [-0.4, -0.2) is 51.7 Å². The first-order valence-electron chi connectivity index (χ1n) is 9.04. The maximum atomic E-state index is 13.3. The quantitative estimate of drug-likeness (QED) is 0.708. The van der Waals surface area contributed by atoms with Gasteiger partial charge in [0.05, 0.1) is 0 Å². The number of pyridine rings is 2. The molecule has 29 heavy (non-hydrogen) atoms. The number of imide groups is 2. The van der Waals surface area contributed by atoms with E-state index in [1.807, 2.05) is 12.1 Å². The van der Waals surface area contributed by atoms with Crippen LogP contribution in [0, 0.1) is 5.41 Å². The molecular weight excluding hydrogens is 368 g/mol. The van der Waals surface area contributed by atoms with Crippen molar-refractivity contribution in [2.24, 2.45) is 5.41 Å². The summed E-state index contributed by atoms with van der Waals surface area (Å²) in [4.78, 5) is 49.0. The third-order valence-corrected chi connectivity index (χ3v) is 5.17. The second kappa shape index (κ2) is 7.79. The highest BCUT2D eigenvalue weighted by molar-refractivity contribution is 6.20. The molecule has 3 rings (SSSR count). The highest BCUT2D eigenvalue weighted by atomic mass is 16.2. The van der Waals surface area contributed by atoms with Crippen LogP contribution in [0.1, 0.15) is 24.0 Å². The number of allylic oxidation sites excluding steroid dienone is 2. The number of carbonyl (C=O) groups excluding carboxylic acids is 3. The molecule has 2 aromatic heterocycles. The van der Waals surface area contributed by atoms with E-state index in [1.165, 1.54) is 14.1 Å². The van der Waals surface area contributed by atoms with E-state index in [-0.39, 0.29) is 12.8 Å². The Balaban J connectivity index is 2.04. The smallest absolute Gasteiger partial charge is 0.273 e. The first kappa shape index (κ1) is 20.1. The van der Waals surface area contributed by atoms with Crippen molar-refractivity contribution in [3.63, 3.8) is 0 Å². The van der Waals surface area contributed by atoms with Crippen LogP contribution in [0.3, 0.4) is 0 Å². The lowest BCUT2D eigenvalue weighted by atomic mass is 9.71. The van der Waals surface area contributed by atoms with Crippen molar-refractivity contribution in [1.82, 2.24) is 19.8 Å². The third kappa shape index (κ3) is 3.59. The van der Waals surface area contributed by atoms with Gasteiger partial charge in [-0.2, -0.15) is 0 Å². The van der Waals surface area contributed by atoms with Gasteiger partial charge in [-0.3, -0.25) is 29.4 Å². The number of rotatable bonds is 6. The van der Waals surface area contributed by atoms with Gasteiger partial charge in [-0.25, -0.2) is 4.79 Å². The minimum absolute atomic E-state index is 0.0393. The molecule has 7 heteroatoms. The number of hydrogen-bond donors (Lipinski definition) is 0. The standard InChI is InChI=1S/C22H22N4O3/c1-15(17-7-5-9-23-13-17)11-22(12-16(2)18-8-6-10-24-14-18)19(27)25(3)21(29)26(4)20(22)28/h5-10,13-14H,1-2,11-12H2,3-4H3. The van der Waals surface area contributed by atoms with Crippen molar-refractivity contribution >= 4 is 29.0 Å². The van der Waals surface area contributed by atoms with E-state index >= 15 is 0 Å². The van der Waals surface area contributed by atoms with Gasteiger partial charge in [0.2, 0.25) is 11.8 Å². The molecule has 0 N–H and O–H groups in total.